The topological polar surface area (TPSA) is 42.7 Å². The van der Waals surface area contributed by atoms with Crippen molar-refractivity contribution in [2.45, 2.75) is 32.9 Å². The van der Waals surface area contributed by atoms with Crippen LogP contribution in [0.4, 0.5) is 0 Å². The Balaban J connectivity index is 2.14. The van der Waals surface area contributed by atoms with Crippen LogP contribution in [0.1, 0.15) is 26.5 Å². The van der Waals surface area contributed by atoms with Gasteiger partial charge in [-0.15, -0.1) is 5.10 Å². The minimum atomic E-state index is 0.0490. The van der Waals surface area contributed by atoms with Crippen molar-refractivity contribution in [3.05, 3.63) is 40.1 Å². The number of nitrogens with one attached hydrogen (secondary N) is 1. The number of halogens is 2. The summed E-state index contributed by atoms with van der Waals surface area (Å²) in [6, 6.07) is 5.36. The predicted octanol–water partition coefficient (Wildman–Crippen LogP) is 3.46. The van der Waals surface area contributed by atoms with Crippen LogP contribution in [0.2, 0.25) is 10.0 Å². The molecule has 1 aromatic carbocycles. The van der Waals surface area contributed by atoms with Gasteiger partial charge in [0, 0.05) is 12.1 Å². The first-order valence-corrected chi connectivity index (χ1v) is 6.72. The second-order valence-electron chi connectivity index (χ2n) is 5.36. The molecule has 0 aliphatic carbocycles. The van der Waals surface area contributed by atoms with Gasteiger partial charge in [-0.05, 0) is 39.0 Å². The maximum atomic E-state index is 5.99. The highest BCUT2D eigenvalue weighted by atomic mass is 35.5. The van der Waals surface area contributed by atoms with E-state index in [2.05, 4.69) is 36.4 Å². The highest BCUT2D eigenvalue weighted by Crippen LogP contribution is 2.24. The van der Waals surface area contributed by atoms with Crippen LogP contribution in [0.25, 0.3) is 5.69 Å². The molecule has 0 aliphatic rings. The zero-order valence-electron chi connectivity index (χ0n) is 11.1. The van der Waals surface area contributed by atoms with Crippen molar-refractivity contribution >= 4 is 23.2 Å². The Morgan fingerprint density at radius 3 is 2.58 bits per heavy atom. The largest absolute Gasteiger partial charge is 0.306 e. The quantitative estimate of drug-likeness (QED) is 0.943. The summed E-state index contributed by atoms with van der Waals surface area (Å²) >= 11 is 11.9. The molecule has 6 heteroatoms. The Labute approximate surface area is 122 Å². The number of benzene rings is 1. The maximum absolute atomic E-state index is 5.99. The van der Waals surface area contributed by atoms with Gasteiger partial charge in [-0.1, -0.05) is 28.4 Å². The van der Waals surface area contributed by atoms with Gasteiger partial charge in [0.1, 0.15) is 0 Å². The normalized spacial score (nSPS) is 11.8. The van der Waals surface area contributed by atoms with Crippen LogP contribution < -0.4 is 5.32 Å². The first-order chi connectivity index (χ1) is 8.85. The minimum Gasteiger partial charge on any atom is -0.306 e. The molecule has 19 heavy (non-hydrogen) atoms. The van der Waals surface area contributed by atoms with Crippen LogP contribution in [-0.4, -0.2) is 20.5 Å². The lowest BCUT2D eigenvalue weighted by Gasteiger charge is -2.19. The Bertz CT molecular complexity index is 572. The second-order valence-corrected chi connectivity index (χ2v) is 6.17. The van der Waals surface area contributed by atoms with E-state index in [1.165, 1.54) is 0 Å². The lowest BCUT2D eigenvalue weighted by atomic mass is 10.1. The van der Waals surface area contributed by atoms with Crippen molar-refractivity contribution in [3.63, 3.8) is 0 Å². The predicted molar refractivity (Wildman–Crippen MR) is 78.0 cm³/mol. The first-order valence-electron chi connectivity index (χ1n) is 5.97. The number of rotatable bonds is 3. The fourth-order valence-electron chi connectivity index (χ4n) is 1.49. The molecule has 1 N–H and O–H groups in total. The van der Waals surface area contributed by atoms with E-state index in [0.29, 0.717) is 16.6 Å². The summed E-state index contributed by atoms with van der Waals surface area (Å²) in [6.45, 7) is 6.99. The molecule has 1 heterocycles. The van der Waals surface area contributed by atoms with Gasteiger partial charge in [-0.2, -0.15) is 0 Å². The van der Waals surface area contributed by atoms with E-state index < -0.39 is 0 Å². The zero-order valence-corrected chi connectivity index (χ0v) is 12.6. The molecule has 0 spiro atoms. The average Bonchev–Trinajstić information content (AvgIpc) is 2.78. The molecule has 1 aromatic heterocycles. The molecular formula is C13H16Cl2N4. The van der Waals surface area contributed by atoms with Gasteiger partial charge in [0.2, 0.25) is 0 Å². The average molecular weight is 299 g/mol. The number of hydrogen-bond acceptors (Lipinski definition) is 3. The van der Waals surface area contributed by atoms with Crippen molar-refractivity contribution in [1.29, 1.82) is 0 Å². The lowest BCUT2D eigenvalue weighted by Crippen LogP contribution is -2.35. The van der Waals surface area contributed by atoms with Crippen LogP contribution in [-0.2, 0) is 6.54 Å². The van der Waals surface area contributed by atoms with Gasteiger partial charge in [-0.25, -0.2) is 4.68 Å². The number of nitrogens with zero attached hydrogens (tertiary/aromatic N) is 3. The molecule has 0 fully saturated rings. The van der Waals surface area contributed by atoms with E-state index >= 15 is 0 Å². The smallest absolute Gasteiger partial charge is 0.0969 e. The molecule has 4 nitrogen and oxygen atoms in total. The molecule has 0 saturated heterocycles. The molecule has 0 amide bonds. The van der Waals surface area contributed by atoms with Gasteiger partial charge in [0.15, 0.2) is 0 Å². The van der Waals surface area contributed by atoms with Gasteiger partial charge < -0.3 is 5.32 Å². The third kappa shape index (κ3) is 3.93. The molecule has 2 aromatic rings. The van der Waals surface area contributed by atoms with Gasteiger partial charge in [-0.3, -0.25) is 0 Å². The number of hydrogen-bond donors (Lipinski definition) is 1. The van der Waals surface area contributed by atoms with E-state index in [4.69, 9.17) is 23.2 Å². The summed E-state index contributed by atoms with van der Waals surface area (Å²) in [5.74, 6) is 0. The Kier molecular flexibility index (Phi) is 4.13. The van der Waals surface area contributed by atoms with Crippen molar-refractivity contribution in [2.75, 3.05) is 0 Å². The fraction of sp³-hybridized carbons (Fsp3) is 0.385. The number of aromatic nitrogens is 3. The van der Waals surface area contributed by atoms with E-state index in [-0.39, 0.29) is 5.54 Å². The van der Waals surface area contributed by atoms with Gasteiger partial charge >= 0.3 is 0 Å². The van der Waals surface area contributed by atoms with Crippen molar-refractivity contribution in [1.82, 2.24) is 20.3 Å². The fourth-order valence-corrected chi connectivity index (χ4v) is 1.78. The van der Waals surface area contributed by atoms with Crippen LogP contribution >= 0.6 is 23.2 Å². The monoisotopic (exact) mass is 298 g/mol. The third-order valence-corrected chi connectivity index (χ3v) is 3.25. The zero-order chi connectivity index (χ0) is 14.0. The molecule has 0 radical (unpaired) electrons. The molecule has 102 valence electrons. The highest BCUT2D eigenvalue weighted by Gasteiger charge is 2.10. The van der Waals surface area contributed by atoms with E-state index in [9.17, 15) is 0 Å². The van der Waals surface area contributed by atoms with Gasteiger partial charge in [0.25, 0.3) is 0 Å². The molecule has 0 unspecified atom stereocenters. The maximum Gasteiger partial charge on any atom is 0.0969 e. The van der Waals surface area contributed by atoms with Crippen LogP contribution in [0.15, 0.2) is 24.4 Å². The summed E-state index contributed by atoms with van der Waals surface area (Å²) in [4.78, 5) is 0. The molecule has 0 saturated carbocycles. The lowest BCUT2D eigenvalue weighted by molar-refractivity contribution is 0.421. The first kappa shape index (κ1) is 14.3. The van der Waals surface area contributed by atoms with Gasteiger partial charge in [0.05, 0.1) is 27.6 Å². The Morgan fingerprint density at radius 2 is 1.95 bits per heavy atom. The van der Waals surface area contributed by atoms with Crippen molar-refractivity contribution in [3.8, 4) is 5.69 Å². The molecule has 0 bridgehead atoms. The van der Waals surface area contributed by atoms with Crippen molar-refractivity contribution < 1.29 is 0 Å². The Morgan fingerprint density at radius 1 is 1.21 bits per heavy atom. The van der Waals surface area contributed by atoms with Crippen molar-refractivity contribution in [2.24, 2.45) is 0 Å². The summed E-state index contributed by atoms with van der Waals surface area (Å²) in [5, 5.41) is 12.6. The molecule has 0 atom stereocenters. The summed E-state index contributed by atoms with van der Waals surface area (Å²) < 4.78 is 1.68. The summed E-state index contributed by atoms with van der Waals surface area (Å²) in [7, 11) is 0. The Hall–Kier alpha value is -1.10. The van der Waals surface area contributed by atoms with E-state index in [1.807, 2.05) is 12.3 Å². The highest BCUT2D eigenvalue weighted by molar-refractivity contribution is 6.42. The van der Waals surface area contributed by atoms with Crippen LogP contribution in [0, 0.1) is 0 Å². The standard InChI is InChI=1S/C13H16Cl2N4/c1-13(2,3)16-7-9-8-19(18-17-9)10-4-5-11(14)12(15)6-10/h4-6,8,16H,7H2,1-3H3. The molecule has 0 aliphatic heterocycles. The molecular weight excluding hydrogens is 283 g/mol. The summed E-state index contributed by atoms with van der Waals surface area (Å²) in [6.07, 6.45) is 1.87. The minimum absolute atomic E-state index is 0.0490. The molecule has 2 rings (SSSR count). The summed E-state index contributed by atoms with van der Waals surface area (Å²) in [5.41, 5.74) is 1.76. The van der Waals surface area contributed by atoms with E-state index in [1.54, 1.807) is 16.8 Å². The SMILES string of the molecule is CC(C)(C)NCc1cn(-c2ccc(Cl)c(Cl)c2)nn1. The van der Waals surface area contributed by atoms with Crippen LogP contribution in [0.3, 0.4) is 0 Å². The van der Waals surface area contributed by atoms with Crippen LogP contribution in [0.5, 0.6) is 0 Å². The third-order valence-electron chi connectivity index (χ3n) is 2.51. The van der Waals surface area contributed by atoms with E-state index in [0.717, 1.165) is 11.4 Å². The second kappa shape index (κ2) is 5.49.